The third kappa shape index (κ3) is 2.67. The van der Waals surface area contributed by atoms with Crippen LogP contribution in [0.4, 0.5) is 4.39 Å². The Labute approximate surface area is 85.9 Å². The van der Waals surface area contributed by atoms with Crippen molar-refractivity contribution in [2.45, 2.75) is 11.5 Å². The van der Waals surface area contributed by atoms with Crippen LogP contribution in [0.5, 0.6) is 0 Å². The van der Waals surface area contributed by atoms with E-state index in [9.17, 15) is 12.8 Å². The van der Waals surface area contributed by atoms with Crippen molar-refractivity contribution in [3.63, 3.8) is 0 Å². The summed E-state index contributed by atoms with van der Waals surface area (Å²) in [6.45, 7) is 0.222. The van der Waals surface area contributed by atoms with Crippen LogP contribution in [0, 0.1) is 5.82 Å². The predicted octanol–water partition coefficient (Wildman–Crippen LogP) is 1.90. The summed E-state index contributed by atoms with van der Waals surface area (Å²) in [5.74, 6) is -0.866. The molecule has 0 saturated carbocycles. The summed E-state index contributed by atoms with van der Waals surface area (Å²) in [4.78, 5) is -0.515. The standard InChI is InChI=1S/C8H8ClFO3S/c1-13-5-6-2-3-8(7(10)4-6)14(9,11)12/h2-4H,5H2,1H3. The van der Waals surface area contributed by atoms with Crippen molar-refractivity contribution >= 4 is 19.7 Å². The zero-order valence-electron chi connectivity index (χ0n) is 7.33. The molecule has 78 valence electrons. The second-order valence-corrected chi connectivity index (χ2v) is 5.17. The van der Waals surface area contributed by atoms with E-state index in [-0.39, 0.29) is 6.61 Å². The molecule has 0 fully saturated rings. The van der Waals surface area contributed by atoms with Gasteiger partial charge >= 0.3 is 0 Å². The number of hydrogen-bond donors (Lipinski definition) is 0. The van der Waals surface area contributed by atoms with E-state index in [1.807, 2.05) is 0 Å². The van der Waals surface area contributed by atoms with E-state index in [4.69, 9.17) is 15.4 Å². The van der Waals surface area contributed by atoms with E-state index < -0.39 is 19.8 Å². The first-order chi connectivity index (χ1) is 6.45. The van der Waals surface area contributed by atoms with Crippen LogP contribution in [-0.4, -0.2) is 15.5 Å². The molecule has 1 rings (SSSR count). The van der Waals surface area contributed by atoms with Gasteiger partial charge < -0.3 is 4.74 Å². The summed E-state index contributed by atoms with van der Waals surface area (Å²) < 4.78 is 39.5. The molecule has 0 aliphatic carbocycles. The molecule has 0 N–H and O–H groups in total. The number of halogens is 2. The lowest BCUT2D eigenvalue weighted by atomic mass is 10.2. The Hall–Kier alpha value is -0.650. The zero-order chi connectivity index (χ0) is 10.8. The number of methoxy groups -OCH3 is 1. The maximum atomic E-state index is 13.2. The summed E-state index contributed by atoms with van der Waals surface area (Å²) in [5, 5.41) is 0. The van der Waals surface area contributed by atoms with Crippen LogP contribution in [0.3, 0.4) is 0 Å². The molecule has 3 nitrogen and oxygen atoms in total. The van der Waals surface area contributed by atoms with Gasteiger partial charge in [-0.15, -0.1) is 0 Å². The number of ether oxygens (including phenoxy) is 1. The molecule has 0 amide bonds. The highest BCUT2D eigenvalue weighted by Gasteiger charge is 2.15. The maximum Gasteiger partial charge on any atom is 0.264 e. The largest absolute Gasteiger partial charge is 0.380 e. The lowest BCUT2D eigenvalue weighted by molar-refractivity contribution is 0.184. The van der Waals surface area contributed by atoms with Gasteiger partial charge in [-0.1, -0.05) is 6.07 Å². The van der Waals surface area contributed by atoms with Gasteiger partial charge in [0.2, 0.25) is 0 Å². The van der Waals surface area contributed by atoms with Crippen LogP contribution in [-0.2, 0) is 20.4 Å². The maximum absolute atomic E-state index is 13.2. The molecule has 0 bridgehead atoms. The fourth-order valence-electron chi connectivity index (χ4n) is 0.999. The summed E-state index contributed by atoms with van der Waals surface area (Å²) in [6, 6.07) is 3.65. The molecule has 14 heavy (non-hydrogen) atoms. The highest BCUT2D eigenvalue weighted by Crippen LogP contribution is 2.20. The molecule has 1 aromatic rings. The van der Waals surface area contributed by atoms with E-state index >= 15 is 0 Å². The third-order valence-electron chi connectivity index (χ3n) is 1.57. The molecule has 6 heteroatoms. The molecule has 0 aliphatic heterocycles. The molecule has 0 heterocycles. The molecular weight excluding hydrogens is 231 g/mol. The van der Waals surface area contributed by atoms with Gasteiger partial charge in [0.05, 0.1) is 6.61 Å². The summed E-state index contributed by atoms with van der Waals surface area (Å²) in [5.41, 5.74) is 0.550. The van der Waals surface area contributed by atoms with Gasteiger partial charge in [-0.3, -0.25) is 0 Å². The minimum atomic E-state index is -4.01. The molecular formula is C8H8ClFO3S. The van der Waals surface area contributed by atoms with Crippen molar-refractivity contribution in [2.75, 3.05) is 7.11 Å². The van der Waals surface area contributed by atoms with Gasteiger partial charge in [0.15, 0.2) is 0 Å². The first kappa shape index (κ1) is 11.4. The fourth-order valence-corrected chi connectivity index (χ4v) is 1.90. The van der Waals surface area contributed by atoms with E-state index in [0.717, 1.165) is 12.1 Å². The quantitative estimate of drug-likeness (QED) is 0.756. The van der Waals surface area contributed by atoms with E-state index in [2.05, 4.69) is 0 Å². The lowest BCUT2D eigenvalue weighted by Crippen LogP contribution is -1.97. The van der Waals surface area contributed by atoms with E-state index in [1.165, 1.54) is 13.2 Å². The van der Waals surface area contributed by atoms with Crippen molar-refractivity contribution in [1.82, 2.24) is 0 Å². The minimum absolute atomic E-state index is 0.222. The van der Waals surface area contributed by atoms with E-state index in [1.54, 1.807) is 0 Å². The molecule has 0 spiro atoms. The van der Waals surface area contributed by atoms with Crippen LogP contribution in [0.1, 0.15) is 5.56 Å². The normalized spacial score (nSPS) is 11.6. The molecule has 1 aromatic carbocycles. The van der Waals surface area contributed by atoms with Gasteiger partial charge in [-0.25, -0.2) is 12.8 Å². The summed E-state index contributed by atoms with van der Waals surface area (Å²) in [6.07, 6.45) is 0. The Morgan fingerprint density at radius 2 is 2.14 bits per heavy atom. The second kappa shape index (κ2) is 4.25. The van der Waals surface area contributed by atoms with Gasteiger partial charge in [-0.2, -0.15) is 0 Å². The Morgan fingerprint density at radius 1 is 1.50 bits per heavy atom. The smallest absolute Gasteiger partial charge is 0.264 e. The van der Waals surface area contributed by atoms with Gasteiger partial charge in [0.1, 0.15) is 10.7 Å². The summed E-state index contributed by atoms with van der Waals surface area (Å²) >= 11 is 0. The Kier molecular flexibility index (Phi) is 3.47. The molecule has 0 atom stereocenters. The van der Waals surface area contributed by atoms with Gasteiger partial charge in [-0.05, 0) is 17.7 Å². The topological polar surface area (TPSA) is 43.4 Å². The molecule has 0 aliphatic rings. The highest BCUT2D eigenvalue weighted by molar-refractivity contribution is 8.13. The van der Waals surface area contributed by atoms with Gasteiger partial charge in [0, 0.05) is 17.8 Å². The van der Waals surface area contributed by atoms with Crippen LogP contribution < -0.4 is 0 Å². The van der Waals surface area contributed by atoms with Crippen LogP contribution in [0.2, 0.25) is 0 Å². The molecule has 0 aromatic heterocycles. The molecule has 0 saturated heterocycles. The zero-order valence-corrected chi connectivity index (χ0v) is 8.90. The van der Waals surface area contributed by atoms with Crippen molar-refractivity contribution in [1.29, 1.82) is 0 Å². The van der Waals surface area contributed by atoms with Crippen molar-refractivity contribution in [2.24, 2.45) is 0 Å². The van der Waals surface area contributed by atoms with Crippen LogP contribution in [0.25, 0.3) is 0 Å². The van der Waals surface area contributed by atoms with Crippen LogP contribution in [0.15, 0.2) is 23.1 Å². The van der Waals surface area contributed by atoms with Crippen molar-refractivity contribution in [3.05, 3.63) is 29.6 Å². The number of benzene rings is 1. The molecule has 0 radical (unpaired) electrons. The Bertz CT molecular complexity index is 430. The Balaban J connectivity index is 3.15. The summed E-state index contributed by atoms with van der Waals surface area (Å²) in [7, 11) is 2.45. The van der Waals surface area contributed by atoms with Crippen molar-refractivity contribution in [3.8, 4) is 0 Å². The fraction of sp³-hybridized carbons (Fsp3) is 0.250. The Morgan fingerprint density at radius 3 is 2.57 bits per heavy atom. The monoisotopic (exact) mass is 238 g/mol. The second-order valence-electron chi connectivity index (χ2n) is 2.64. The lowest BCUT2D eigenvalue weighted by Gasteiger charge is -2.02. The van der Waals surface area contributed by atoms with Crippen LogP contribution >= 0.6 is 10.7 Å². The first-order valence-electron chi connectivity index (χ1n) is 3.67. The minimum Gasteiger partial charge on any atom is -0.380 e. The SMILES string of the molecule is COCc1ccc(S(=O)(=O)Cl)c(F)c1. The average molecular weight is 239 g/mol. The van der Waals surface area contributed by atoms with Crippen molar-refractivity contribution < 1.29 is 17.5 Å². The highest BCUT2D eigenvalue weighted by atomic mass is 35.7. The van der Waals surface area contributed by atoms with E-state index in [0.29, 0.717) is 5.56 Å². The predicted molar refractivity (Wildman–Crippen MR) is 50.2 cm³/mol. The molecule has 0 unspecified atom stereocenters. The van der Waals surface area contributed by atoms with Gasteiger partial charge in [0.25, 0.3) is 9.05 Å². The number of rotatable bonds is 3. The average Bonchev–Trinajstić information content (AvgIpc) is 2.02. The third-order valence-corrected chi connectivity index (χ3v) is 2.93. The number of hydrogen-bond acceptors (Lipinski definition) is 3. The first-order valence-corrected chi connectivity index (χ1v) is 5.98.